The molecule has 0 aliphatic rings. The van der Waals surface area contributed by atoms with Gasteiger partial charge in [-0.05, 0) is 24.6 Å². The van der Waals surface area contributed by atoms with Gasteiger partial charge in [0.1, 0.15) is 0 Å². The van der Waals surface area contributed by atoms with Crippen molar-refractivity contribution < 1.29 is 9.66 Å². The molecule has 1 unspecified atom stereocenters. The Morgan fingerprint density at radius 1 is 1.05 bits per heavy atom. The van der Waals surface area contributed by atoms with Gasteiger partial charge in [0.15, 0.2) is 12.3 Å². The van der Waals surface area contributed by atoms with Crippen molar-refractivity contribution in [2.75, 3.05) is 0 Å². The third kappa shape index (κ3) is 4.14. The van der Waals surface area contributed by atoms with Gasteiger partial charge < -0.3 is 5.21 Å². The van der Waals surface area contributed by atoms with Gasteiger partial charge >= 0.3 is 0 Å². The molecule has 108 valence electrons. The minimum absolute atomic E-state index is 0.0157. The summed E-state index contributed by atoms with van der Waals surface area (Å²) in [5.41, 5.74) is 1.76. The highest BCUT2D eigenvalue weighted by Crippen LogP contribution is 2.11. The zero-order chi connectivity index (χ0) is 15.2. The third-order valence-corrected chi connectivity index (χ3v) is 3.19. The zero-order valence-electron chi connectivity index (χ0n) is 11.7. The minimum Gasteiger partial charge on any atom is -0.624 e. The Morgan fingerprint density at radius 3 is 2.24 bits per heavy atom. The van der Waals surface area contributed by atoms with E-state index in [1.54, 1.807) is 12.1 Å². The van der Waals surface area contributed by atoms with Crippen LogP contribution in [0.1, 0.15) is 18.1 Å². The molecule has 0 aromatic heterocycles. The van der Waals surface area contributed by atoms with E-state index in [4.69, 9.17) is 0 Å². The maximum absolute atomic E-state index is 12.1. The normalized spacial score (nSPS) is 12.9. The first-order valence-corrected chi connectivity index (χ1v) is 6.65. The second-order valence-electron chi connectivity index (χ2n) is 4.88. The summed E-state index contributed by atoms with van der Waals surface area (Å²) in [6.07, 6.45) is 2.10. The van der Waals surface area contributed by atoms with Crippen LogP contribution in [0.5, 0.6) is 0 Å². The van der Waals surface area contributed by atoms with E-state index >= 15 is 0 Å². The van der Waals surface area contributed by atoms with E-state index in [-0.39, 0.29) is 11.7 Å². The van der Waals surface area contributed by atoms with Gasteiger partial charge in [-0.3, -0.25) is 10.1 Å². The standard InChI is InChI=1S/C16H16N2O3/c1-13(11-14-5-3-2-4-6-14)17(19)12-15-7-9-16(10-8-15)18(20)21/h2-10,12-13H,11H2,1H3/b17-12-. The van der Waals surface area contributed by atoms with Gasteiger partial charge in [0.05, 0.1) is 4.92 Å². The Bertz CT molecular complexity index is 636. The molecule has 5 nitrogen and oxygen atoms in total. The number of nitrogens with zero attached hydrogens (tertiary/aromatic N) is 2. The van der Waals surface area contributed by atoms with Crippen LogP contribution < -0.4 is 0 Å². The molecule has 5 heteroatoms. The first kappa shape index (κ1) is 14.7. The van der Waals surface area contributed by atoms with Gasteiger partial charge in [-0.25, -0.2) is 4.74 Å². The van der Waals surface area contributed by atoms with E-state index < -0.39 is 4.92 Å². The lowest BCUT2D eigenvalue weighted by atomic mass is 10.1. The Kier molecular flexibility index (Phi) is 4.66. The molecule has 0 bridgehead atoms. The van der Waals surface area contributed by atoms with Crippen LogP contribution in [0.4, 0.5) is 5.69 Å². The van der Waals surface area contributed by atoms with Crippen LogP contribution in [-0.2, 0) is 6.42 Å². The maximum atomic E-state index is 12.1. The molecule has 0 aliphatic heterocycles. The largest absolute Gasteiger partial charge is 0.624 e. The maximum Gasteiger partial charge on any atom is 0.269 e. The Labute approximate surface area is 122 Å². The SMILES string of the molecule is CC(Cc1ccccc1)/[N+]([O-])=C/c1ccc([N+](=O)[O-])cc1. The van der Waals surface area contributed by atoms with Crippen molar-refractivity contribution in [1.29, 1.82) is 0 Å². The summed E-state index contributed by atoms with van der Waals surface area (Å²) in [5, 5.41) is 22.6. The molecule has 0 saturated heterocycles. The van der Waals surface area contributed by atoms with Gasteiger partial charge in [-0.1, -0.05) is 30.3 Å². The average Bonchev–Trinajstić information content (AvgIpc) is 2.48. The number of rotatable bonds is 5. The van der Waals surface area contributed by atoms with Crippen molar-refractivity contribution in [2.45, 2.75) is 19.4 Å². The van der Waals surface area contributed by atoms with Gasteiger partial charge in [0.2, 0.25) is 0 Å². The molecule has 1 atom stereocenters. The highest BCUT2D eigenvalue weighted by atomic mass is 16.6. The first-order valence-electron chi connectivity index (χ1n) is 6.65. The number of nitro groups is 1. The lowest BCUT2D eigenvalue weighted by Crippen LogP contribution is -2.21. The molecule has 2 aromatic rings. The Morgan fingerprint density at radius 2 is 1.67 bits per heavy atom. The number of benzene rings is 2. The number of hydrogen-bond donors (Lipinski definition) is 0. The topological polar surface area (TPSA) is 69.2 Å². The summed E-state index contributed by atoms with van der Waals surface area (Å²) in [6.45, 7) is 1.85. The molecular formula is C16H16N2O3. The van der Waals surface area contributed by atoms with E-state index in [2.05, 4.69) is 0 Å². The fourth-order valence-electron chi connectivity index (χ4n) is 2.00. The Hall–Kier alpha value is -2.69. The smallest absolute Gasteiger partial charge is 0.269 e. The number of hydroxylamine groups is 1. The summed E-state index contributed by atoms with van der Waals surface area (Å²) >= 11 is 0. The summed E-state index contributed by atoms with van der Waals surface area (Å²) in [7, 11) is 0. The summed E-state index contributed by atoms with van der Waals surface area (Å²) in [6, 6.07) is 15.5. The van der Waals surface area contributed by atoms with Crippen LogP contribution in [0, 0.1) is 15.3 Å². The monoisotopic (exact) mass is 284 g/mol. The molecule has 0 heterocycles. The molecular weight excluding hydrogens is 268 g/mol. The van der Waals surface area contributed by atoms with Crippen molar-refractivity contribution in [3.05, 3.63) is 81.0 Å². The predicted octanol–water partition coefficient (Wildman–Crippen LogP) is 3.16. The van der Waals surface area contributed by atoms with E-state index in [1.165, 1.54) is 18.3 Å². The number of non-ortho nitro benzene ring substituents is 1. The highest BCUT2D eigenvalue weighted by Gasteiger charge is 2.11. The molecule has 0 N–H and O–H groups in total. The van der Waals surface area contributed by atoms with Crippen LogP contribution in [0.15, 0.2) is 54.6 Å². The van der Waals surface area contributed by atoms with Crippen LogP contribution in [-0.4, -0.2) is 21.9 Å². The van der Waals surface area contributed by atoms with Crippen molar-refractivity contribution in [1.82, 2.24) is 0 Å². The molecule has 0 aliphatic carbocycles. The van der Waals surface area contributed by atoms with Crippen molar-refractivity contribution >= 4 is 11.9 Å². The van der Waals surface area contributed by atoms with E-state index in [1.807, 2.05) is 37.3 Å². The second kappa shape index (κ2) is 6.65. The summed E-state index contributed by atoms with van der Waals surface area (Å²) in [4.78, 5) is 10.1. The van der Waals surface area contributed by atoms with Gasteiger partial charge in [-0.15, -0.1) is 0 Å². The fraction of sp³-hybridized carbons (Fsp3) is 0.188. The quantitative estimate of drug-likeness (QED) is 0.278. The molecule has 2 aromatic carbocycles. The molecule has 0 radical (unpaired) electrons. The molecule has 0 fully saturated rings. The zero-order valence-corrected chi connectivity index (χ0v) is 11.7. The lowest BCUT2D eigenvalue weighted by molar-refractivity contribution is -0.491. The molecule has 21 heavy (non-hydrogen) atoms. The van der Waals surface area contributed by atoms with Gasteiger partial charge in [0, 0.05) is 24.1 Å². The minimum atomic E-state index is -0.462. The van der Waals surface area contributed by atoms with Crippen LogP contribution in [0.3, 0.4) is 0 Å². The summed E-state index contributed by atoms with van der Waals surface area (Å²) in [5.74, 6) is 0. The number of nitro benzene ring substituents is 1. The summed E-state index contributed by atoms with van der Waals surface area (Å²) < 4.78 is 0.883. The van der Waals surface area contributed by atoms with Gasteiger partial charge in [-0.2, -0.15) is 0 Å². The predicted molar refractivity (Wildman–Crippen MR) is 81.5 cm³/mol. The molecule has 0 amide bonds. The number of hydrogen-bond acceptors (Lipinski definition) is 3. The van der Waals surface area contributed by atoms with Crippen LogP contribution in [0.2, 0.25) is 0 Å². The Balaban J connectivity index is 2.07. The average molecular weight is 284 g/mol. The molecule has 0 saturated carbocycles. The van der Waals surface area contributed by atoms with Crippen LogP contribution >= 0.6 is 0 Å². The second-order valence-corrected chi connectivity index (χ2v) is 4.88. The molecule has 2 rings (SSSR count). The van der Waals surface area contributed by atoms with Crippen molar-refractivity contribution in [2.24, 2.45) is 0 Å². The van der Waals surface area contributed by atoms with Crippen LogP contribution in [0.25, 0.3) is 0 Å². The highest BCUT2D eigenvalue weighted by molar-refractivity contribution is 5.76. The van der Waals surface area contributed by atoms with Gasteiger partial charge in [0.25, 0.3) is 5.69 Å². The lowest BCUT2D eigenvalue weighted by Gasteiger charge is -2.12. The first-order chi connectivity index (χ1) is 10.1. The fourth-order valence-corrected chi connectivity index (χ4v) is 2.00. The van der Waals surface area contributed by atoms with Crippen molar-refractivity contribution in [3.63, 3.8) is 0 Å². The van der Waals surface area contributed by atoms with Crippen molar-refractivity contribution in [3.8, 4) is 0 Å². The van der Waals surface area contributed by atoms with E-state index in [0.29, 0.717) is 12.0 Å². The van der Waals surface area contributed by atoms with E-state index in [0.717, 1.165) is 10.3 Å². The third-order valence-electron chi connectivity index (χ3n) is 3.19. The van der Waals surface area contributed by atoms with E-state index in [9.17, 15) is 15.3 Å². The molecule has 0 spiro atoms.